The largest absolute Gasteiger partial charge is 0.331 e. The highest BCUT2D eigenvalue weighted by Crippen LogP contribution is 2.34. The van der Waals surface area contributed by atoms with E-state index >= 15 is 0 Å². The summed E-state index contributed by atoms with van der Waals surface area (Å²) in [5.74, 6) is 0. The maximum atomic E-state index is 12.0. The van der Waals surface area contributed by atoms with Crippen molar-refractivity contribution in [3.8, 4) is 0 Å². The molecule has 1 heterocycles. The predicted molar refractivity (Wildman–Crippen MR) is 115 cm³/mol. The first-order valence-electron chi connectivity index (χ1n) is 9.11. The Kier molecular flexibility index (Phi) is 3.62. The van der Waals surface area contributed by atoms with E-state index < -0.39 is 0 Å². The van der Waals surface area contributed by atoms with Gasteiger partial charge in [0.25, 0.3) is 0 Å². The lowest BCUT2D eigenvalue weighted by atomic mass is 9.99. The van der Waals surface area contributed by atoms with Crippen molar-refractivity contribution in [1.82, 2.24) is 14.9 Å². The summed E-state index contributed by atoms with van der Waals surface area (Å²) in [5, 5.41) is 7.38. The third-order valence-electron chi connectivity index (χ3n) is 4.98. The number of benzene rings is 4. The molecule has 0 bridgehead atoms. The minimum absolute atomic E-state index is 0.176. The van der Waals surface area contributed by atoms with Crippen LogP contribution in [0.5, 0.6) is 0 Å². The van der Waals surface area contributed by atoms with E-state index in [0.29, 0.717) is 5.69 Å². The van der Waals surface area contributed by atoms with Crippen molar-refractivity contribution in [3.63, 3.8) is 0 Å². The van der Waals surface area contributed by atoms with Crippen molar-refractivity contribution in [2.45, 2.75) is 0 Å². The number of nitrogens with zero attached hydrogens (tertiary/aromatic N) is 3. The fourth-order valence-corrected chi connectivity index (χ4v) is 3.59. The average Bonchev–Trinajstić information content (AvgIpc) is 2.72. The van der Waals surface area contributed by atoms with Crippen LogP contribution in [-0.2, 0) is 0 Å². The first-order valence-corrected chi connectivity index (χ1v) is 9.11. The van der Waals surface area contributed by atoms with Gasteiger partial charge in [-0.1, -0.05) is 48.5 Å². The third kappa shape index (κ3) is 2.52. The number of amides is 2. The molecule has 0 saturated heterocycles. The van der Waals surface area contributed by atoms with Crippen LogP contribution in [0.2, 0.25) is 0 Å². The van der Waals surface area contributed by atoms with Crippen LogP contribution in [-0.4, -0.2) is 35.0 Å². The molecule has 0 aliphatic carbocycles. The van der Waals surface area contributed by atoms with Crippen molar-refractivity contribution in [3.05, 3.63) is 66.7 Å². The van der Waals surface area contributed by atoms with E-state index in [1.54, 1.807) is 14.1 Å². The van der Waals surface area contributed by atoms with Gasteiger partial charge in [0.2, 0.25) is 0 Å². The van der Waals surface area contributed by atoms with Gasteiger partial charge in [-0.05, 0) is 29.0 Å². The molecule has 0 unspecified atom stereocenters. The van der Waals surface area contributed by atoms with Gasteiger partial charge in [-0.3, -0.25) is 0 Å². The van der Waals surface area contributed by atoms with Crippen LogP contribution >= 0.6 is 0 Å². The molecular formula is C23H18N4O. The van der Waals surface area contributed by atoms with Gasteiger partial charge in [0.1, 0.15) is 0 Å². The highest BCUT2D eigenvalue weighted by atomic mass is 16.2. The molecule has 5 aromatic rings. The number of nitrogens with one attached hydrogen (secondary N) is 1. The van der Waals surface area contributed by atoms with E-state index in [-0.39, 0.29) is 6.03 Å². The highest BCUT2D eigenvalue weighted by molar-refractivity contribution is 6.23. The molecule has 1 aromatic heterocycles. The molecule has 0 saturated carbocycles. The standard InChI is InChI=1S/C23H18N4O/c1-27(2)23(28)24-14-11-12-19-20(13-14)26-22-18-10-6-4-8-16(18)15-7-3-5-9-17(15)21(22)25-19/h3-13H,1-2H3,(H,24,28). The van der Waals surface area contributed by atoms with E-state index in [1.165, 1.54) is 10.3 Å². The van der Waals surface area contributed by atoms with E-state index in [2.05, 4.69) is 35.6 Å². The maximum Gasteiger partial charge on any atom is 0.321 e. The molecule has 4 aromatic carbocycles. The smallest absolute Gasteiger partial charge is 0.321 e. The van der Waals surface area contributed by atoms with Crippen LogP contribution < -0.4 is 5.32 Å². The summed E-state index contributed by atoms with van der Waals surface area (Å²) in [6, 6.07) is 22.0. The zero-order chi connectivity index (χ0) is 19.3. The summed E-state index contributed by atoms with van der Waals surface area (Å²) in [5.41, 5.74) is 4.02. The SMILES string of the molecule is CN(C)C(=O)Nc1ccc2nc3c4ccccc4c4ccccc4c3nc2c1. The first kappa shape index (κ1) is 16.4. The second-order valence-electron chi connectivity index (χ2n) is 7.04. The molecule has 0 aliphatic heterocycles. The average molecular weight is 366 g/mol. The lowest BCUT2D eigenvalue weighted by Gasteiger charge is -2.13. The lowest BCUT2D eigenvalue weighted by molar-refractivity contribution is 0.230. The second kappa shape index (κ2) is 6.16. The molecule has 5 heteroatoms. The van der Waals surface area contributed by atoms with E-state index in [0.717, 1.165) is 38.2 Å². The van der Waals surface area contributed by atoms with Crippen LogP contribution in [0.3, 0.4) is 0 Å². The van der Waals surface area contributed by atoms with Gasteiger partial charge in [-0.2, -0.15) is 0 Å². The molecule has 0 spiro atoms. The maximum absolute atomic E-state index is 12.0. The number of carbonyl (C=O) groups is 1. The zero-order valence-electron chi connectivity index (χ0n) is 15.6. The highest BCUT2D eigenvalue weighted by Gasteiger charge is 2.12. The Hall–Kier alpha value is -3.73. The molecular weight excluding hydrogens is 348 g/mol. The third-order valence-corrected chi connectivity index (χ3v) is 4.98. The summed E-state index contributed by atoms with van der Waals surface area (Å²) in [4.78, 5) is 23.3. The number of carbonyl (C=O) groups excluding carboxylic acids is 1. The van der Waals surface area contributed by atoms with Gasteiger partial charge in [-0.25, -0.2) is 14.8 Å². The van der Waals surface area contributed by atoms with Crippen molar-refractivity contribution in [2.24, 2.45) is 0 Å². The van der Waals surface area contributed by atoms with E-state index in [1.807, 2.05) is 36.4 Å². The molecule has 136 valence electrons. The summed E-state index contributed by atoms with van der Waals surface area (Å²) >= 11 is 0. The number of hydrogen-bond donors (Lipinski definition) is 1. The number of rotatable bonds is 1. The molecule has 5 rings (SSSR count). The number of fused-ring (bicyclic) bond motifs is 7. The summed E-state index contributed by atoms with van der Waals surface area (Å²) in [7, 11) is 3.42. The van der Waals surface area contributed by atoms with Crippen molar-refractivity contribution in [1.29, 1.82) is 0 Å². The van der Waals surface area contributed by atoms with Gasteiger partial charge < -0.3 is 10.2 Å². The monoisotopic (exact) mass is 366 g/mol. The summed E-state index contributed by atoms with van der Waals surface area (Å²) < 4.78 is 0. The molecule has 0 fully saturated rings. The molecule has 0 aliphatic rings. The van der Waals surface area contributed by atoms with Gasteiger partial charge >= 0.3 is 6.03 Å². The molecule has 2 amide bonds. The predicted octanol–water partition coefficient (Wildman–Crippen LogP) is 5.18. The Labute approximate surface area is 161 Å². The number of anilines is 1. The van der Waals surface area contributed by atoms with E-state index in [4.69, 9.17) is 9.97 Å². The van der Waals surface area contributed by atoms with Crippen LogP contribution in [0.4, 0.5) is 10.5 Å². The Morgan fingerprint density at radius 3 is 1.86 bits per heavy atom. The molecule has 5 nitrogen and oxygen atoms in total. The molecule has 0 atom stereocenters. The van der Waals surface area contributed by atoms with Gasteiger partial charge in [0.05, 0.1) is 22.1 Å². The van der Waals surface area contributed by atoms with Crippen LogP contribution in [0, 0.1) is 0 Å². The van der Waals surface area contributed by atoms with Gasteiger partial charge in [-0.15, -0.1) is 0 Å². The van der Waals surface area contributed by atoms with Crippen molar-refractivity contribution in [2.75, 3.05) is 19.4 Å². The number of hydrogen-bond acceptors (Lipinski definition) is 3. The number of aromatic nitrogens is 2. The summed E-state index contributed by atoms with van der Waals surface area (Å²) in [6.45, 7) is 0. The topological polar surface area (TPSA) is 58.1 Å². The van der Waals surface area contributed by atoms with E-state index in [9.17, 15) is 4.79 Å². The van der Waals surface area contributed by atoms with Gasteiger partial charge in [0.15, 0.2) is 0 Å². The Morgan fingerprint density at radius 2 is 1.29 bits per heavy atom. The Bertz CT molecular complexity index is 1390. The van der Waals surface area contributed by atoms with Crippen molar-refractivity contribution < 1.29 is 4.79 Å². The van der Waals surface area contributed by atoms with Gasteiger partial charge in [0, 0.05) is 30.6 Å². The minimum Gasteiger partial charge on any atom is -0.331 e. The quantitative estimate of drug-likeness (QED) is 0.328. The molecule has 28 heavy (non-hydrogen) atoms. The molecule has 0 radical (unpaired) electrons. The van der Waals surface area contributed by atoms with Crippen LogP contribution in [0.15, 0.2) is 66.7 Å². The second-order valence-corrected chi connectivity index (χ2v) is 7.04. The Morgan fingerprint density at radius 1 is 0.750 bits per heavy atom. The fourth-order valence-electron chi connectivity index (χ4n) is 3.59. The first-order chi connectivity index (χ1) is 13.6. The van der Waals surface area contributed by atoms with Crippen LogP contribution in [0.25, 0.3) is 43.6 Å². The van der Waals surface area contributed by atoms with Crippen molar-refractivity contribution >= 4 is 55.3 Å². The normalized spacial score (nSPS) is 11.4. The number of urea groups is 1. The van der Waals surface area contributed by atoms with Crippen LogP contribution in [0.1, 0.15) is 0 Å². The Balaban J connectivity index is 1.83. The lowest BCUT2D eigenvalue weighted by Crippen LogP contribution is -2.27. The summed E-state index contributed by atoms with van der Waals surface area (Å²) in [6.07, 6.45) is 0. The zero-order valence-corrected chi connectivity index (χ0v) is 15.6. The molecule has 1 N–H and O–H groups in total. The fraction of sp³-hybridized carbons (Fsp3) is 0.0870. The minimum atomic E-state index is -0.176.